The predicted octanol–water partition coefficient (Wildman–Crippen LogP) is 3.61. The Bertz CT molecular complexity index is 1390. The average Bonchev–Trinajstić information content (AvgIpc) is 3.27. The van der Waals surface area contributed by atoms with Gasteiger partial charge in [-0.05, 0) is 25.0 Å². The van der Waals surface area contributed by atoms with Crippen LogP contribution < -0.4 is 10.3 Å². The van der Waals surface area contributed by atoms with Crippen molar-refractivity contribution >= 4 is 34.9 Å². The number of benzene rings is 2. The SMILES string of the molecule is Cc1cccc(C=NNc2nc(N3CCOCC3)nc3c2ncn3CC(=O)c2ccccc2C)c1. The molecule has 0 saturated carbocycles. The molecule has 1 fully saturated rings. The molecule has 4 aromatic rings. The van der Waals surface area contributed by atoms with Gasteiger partial charge in [0.25, 0.3) is 0 Å². The minimum atomic E-state index is 0.000845. The monoisotopic (exact) mass is 469 g/mol. The molecule has 9 heteroatoms. The number of morpholine rings is 1. The number of hydrogen-bond acceptors (Lipinski definition) is 8. The fraction of sp³-hybridized carbons (Fsp3) is 0.269. The molecule has 0 atom stereocenters. The third-order valence-corrected chi connectivity index (χ3v) is 5.93. The number of nitrogens with zero attached hydrogens (tertiary/aromatic N) is 6. The predicted molar refractivity (Wildman–Crippen MR) is 136 cm³/mol. The van der Waals surface area contributed by atoms with Crippen LogP contribution in [0.3, 0.4) is 0 Å². The van der Waals surface area contributed by atoms with E-state index in [4.69, 9.17) is 14.7 Å². The van der Waals surface area contributed by atoms with Crippen LogP contribution in [0.15, 0.2) is 60.0 Å². The van der Waals surface area contributed by atoms with Gasteiger partial charge in [0.15, 0.2) is 22.8 Å². The number of carbonyl (C=O) groups excluding carboxylic acids is 1. The summed E-state index contributed by atoms with van der Waals surface area (Å²) in [5.74, 6) is 1.04. The van der Waals surface area contributed by atoms with Crippen molar-refractivity contribution in [2.24, 2.45) is 5.10 Å². The molecule has 0 radical (unpaired) electrons. The van der Waals surface area contributed by atoms with Gasteiger partial charge in [-0.2, -0.15) is 15.1 Å². The highest BCUT2D eigenvalue weighted by Crippen LogP contribution is 2.24. The third kappa shape index (κ3) is 5.04. The number of hydrazone groups is 1. The second-order valence-electron chi connectivity index (χ2n) is 8.54. The van der Waals surface area contributed by atoms with Crippen LogP contribution in [0.25, 0.3) is 11.2 Å². The van der Waals surface area contributed by atoms with Gasteiger partial charge in [0, 0.05) is 18.7 Å². The zero-order valence-electron chi connectivity index (χ0n) is 19.8. The number of aromatic nitrogens is 4. The van der Waals surface area contributed by atoms with Gasteiger partial charge in [-0.25, -0.2) is 4.98 Å². The van der Waals surface area contributed by atoms with Crippen molar-refractivity contribution in [2.45, 2.75) is 20.4 Å². The van der Waals surface area contributed by atoms with Crippen molar-refractivity contribution in [3.8, 4) is 0 Å². The number of fused-ring (bicyclic) bond motifs is 1. The molecule has 1 aliphatic rings. The molecular formula is C26H27N7O2. The maximum atomic E-state index is 13.0. The molecule has 0 amide bonds. The van der Waals surface area contributed by atoms with Crippen LogP contribution in [-0.4, -0.2) is 57.8 Å². The largest absolute Gasteiger partial charge is 0.378 e. The molecule has 0 aliphatic carbocycles. The second-order valence-corrected chi connectivity index (χ2v) is 8.54. The van der Waals surface area contributed by atoms with Gasteiger partial charge < -0.3 is 14.2 Å². The van der Waals surface area contributed by atoms with E-state index in [2.05, 4.69) is 20.4 Å². The lowest BCUT2D eigenvalue weighted by atomic mass is 10.1. The zero-order chi connectivity index (χ0) is 24.2. The Hall–Kier alpha value is -4.11. The molecular weight excluding hydrogens is 442 g/mol. The van der Waals surface area contributed by atoms with Crippen molar-refractivity contribution < 1.29 is 9.53 Å². The highest BCUT2D eigenvalue weighted by Gasteiger charge is 2.20. The summed E-state index contributed by atoms with van der Waals surface area (Å²) in [6, 6.07) is 15.6. The maximum absolute atomic E-state index is 13.0. The molecule has 1 aliphatic heterocycles. The van der Waals surface area contributed by atoms with Gasteiger partial charge in [0.2, 0.25) is 5.95 Å². The molecule has 0 unspecified atom stereocenters. The molecule has 2 aromatic carbocycles. The van der Waals surface area contributed by atoms with E-state index >= 15 is 0 Å². The van der Waals surface area contributed by atoms with E-state index in [1.807, 2.05) is 62.4 Å². The van der Waals surface area contributed by atoms with Crippen LogP contribution in [-0.2, 0) is 11.3 Å². The van der Waals surface area contributed by atoms with Gasteiger partial charge in [-0.3, -0.25) is 10.2 Å². The summed E-state index contributed by atoms with van der Waals surface area (Å²) in [7, 11) is 0. The quantitative estimate of drug-likeness (QED) is 0.251. The number of ketones is 1. The number of nitrogens with one attached hydrogen (secondary N) is 1. The topological polar surface area (TPSA) is 97.5 Å². The van der Waals surface area contributed by atoms with Gasteiger partial charge in [-0.1, -0.05) is 54.1 Å². The average molecular weight is 470 g/mol. The van der Waals surface area contributed by atoms with E-state index in [1.54, 1.807) is 17.1 Å². The number of rotatable bonds is 7. The normalized spacial score (nSPS) is 14.1. The van der Waals surface area contributed by atoms with Gasteiger partial charge in [0.05, 0.1) is 32.3 Å². The number of Topliss-reactive ketones (excluding diaryl/α,β-unsaturated/α-hetero) is 1. The molecule has 1 N–H and O–H groups in total. The first-order valence-corrected chi connectivity index (χ1v) is 11.6. The van der Waals surface area contributed by atoms with Crippen molar-refractivity contribution in [2.75, 3.05) is 36.6 Å². The van der Waals surface area contributed by atoms with E-state index in [-0.39, 0.29) is 12.3 Å². The lowest BCUT2D eigenvalue weighted by Crippen LogP contribution is -2.37. The molecule has 0 bridgehead atoms. The van der Waals surface area contributed by atoms with E-state index in [0.29, 0.717) is 54.8 Å². The van der Waals surface area contributed by atoms with Crippen LogP contribution in [0.1, 0.15) is 27.0 Å². The van der Waals surface area contributed by atoms with Crippen molar-refractivity contribution in [3.63, 3.8) is 0 Å². The molecule has 3 heterocycles. The number of carbonyl (C=O) groups is 1. The summed E-state index contributed by atoms with van der Waals surface area (Å²) in [4.78, 5) is 29.1. The minimum Gasteiger partial charge on any atom is -0.378 e. The Labute approximate surface area is 203 Å². The second kappa shape index (κ2) is 10.0. The van der Waals surface area contributed by atoms with Crippen molar-refractivity contribution in [1.29, 1.82) is 0 Å². The minimum absolute atomic E-state index is 0.000845. The van der Waals surface area contributed by atoms with Crippen LogP contribution in [0.4, 0.5) is 11.8 Å². The zero-order valence-corrected chi connectivity index (χ0v) is 19.8. The first kappa shape index (κ1) is 22.7. The molecule has 9 nitrogen and oxygen atoms in total. The molecule has 1 saturated heterocycles. The van der Waals surface area contributed by atoms with Crippen molar-refractivity contribution in [3.05, 3.63) is 77.1 Å². The smallest absolute Gasteiger partial charge is 0.229 e. The maximum Gasteiger partial charge on any atom is 0.229 e. The van der Waals surface area contributed by atoms with Gasteiger partial charge in [-0.15, -0.1) is 0 Å². The lowest BCUT2D eigenvalue weighted by molar-refractivity contribution is 0.0972. The highest BCUT2D eigenvalue weighted by atomic mass is 16.5. The van der Waals surface area contributed by atoms with Gasteiger partial charge >= 0.3 is 0 Å². The van der Waals surface area contributed by atoms with E-state index < -0.39 is 0 Å². The Balaban J connectivity index is 1.48. The fourth-order valence-electron chi connectivity index (χ4n) is 4.08. The van der Waals surface area contributed by atoms with Crippen LogP contribution in [0, 0.1) is 13.8 Å². The Kier molecular flexibility index (Phi) is 6.49. The van der Waals surface area contributed by atoms with E-state index in [0.717, 1.165) is 16.7 Å². The lowest BCUT2D eigenvalue weighted by Gasteiger charge is -2.27. The molecule has 2 aromatic heterocycles. The first-order chi connectivity index (χ1) is 17.1. The number of imidazole rings is 1. The molecule has 0 spiro atoms. The molecule has 5 rings (SSSR count). The molecule has 35 heavy (non-hydrogen) atoms. The number of anilines is 2. The van der Waals surface area contributed by atoms with Crippen LogP contribution in [0.5, 0.6) is 0 Å². The summed E-state index contributed by atoms with van der Waals surface area (Å²) < 4.78 is 7.25. The number of aryl methyl sites for hydroxylation is 2. The summed E-state index contributed by atoms with van der Waals surface area (Å²) in [6.45, 7) is 6.71. The Morgan fingerprint density at radius 3 is 2.74 bits per heavy atom. The summed E-state index contributed by atoms with van der Waals surface area (Å²) in [5, 5.41) is 4.39. The number of ether oxygens (including phenoxy) is 1. The van der Waals surface area contributed by atoms with Crippen LogP contribution in [0.2, 0.25) is 0 Å². The third-order valence-electron chi connectivity index (χ3n) is 5.93. The number of hydrogen-bond donors (Lipinski definition) is 1. The van der Waals surface area contributed by atoms with E-state index in [9.17, 15) is 4.79 Å². The fourth-order valence-corrected chi connectivity index (χ4v) is 4.08. The van der Waals surface area contributed by atoms with Crippen molar-refractivity contribution in [1.82, 2.24) is 19.5 Å². The van der Waals surface area contributed by atoms with Crippen LogP contribution >= 0.6 is 0 Å². The summed E-state index contributed by atoms with van der Waals surface area (Å²) in [6.07, 6.45) is 3.38. The molecule has 178 valence electrons. The highest BCUT2D eigenvalue weighted by molar-refractivity contribution is 5.98. The Morgan fingerprint density at radius 2 is 1.94 bits per heavy atom. The summed E-state index contributed by atoms with van der Waals surface area (Å²) in [5.41, 5.74) is 7.95. The first-order valence-electron chi connectivity index (χ1n) is 11.6. The Morgan fingerprint density at radius 1 is 1.11 bits per heavy atom. The van der Waals surface area contributed by atoms with E-state index in [1.165, 1.54) is 0 Å². The summed E-state index contributed by atoms with van der Waals surface area (Å²) >= 11 is 0. The standard InChI is InChI=1S/C26H27N7O2/c1-18-6-5-8-20(14-18)15-28-31-24-23-25(30-26(29-24)32-10-12-35-13-11-32)33(17-27-23)16-22(34)21-9-4-3-7-19(21)2/h3-9,14-15,17H,10-13,16H2,1-2H3,(H,29,30,31). The van der Waals surface area contributed by atoms with Gasteiger partial charge in [0.1, 0.15) is 0 Å².